The molecule has 0 saturated heterocycles. The van der Waals surface area contributed by atoms with Crippen LogP contribution in [0.4, 0.5) is 5.82 Å². The van der Waals surface area contributed by atoms with Crippen LogP contribution in [0.25, 0.3) is 10.8 Å². The number of rotatable bonds is 1. The highest BCUT2D eigenvalue weighted by molar-refractivity contribution is 9.10. The van der Waals surface area contributed by atoms with Gasteiger partial charge in [-0.1, -0.05) is 27.5 Å². The molecule has 0 aliphatic rings. The van der Waals surface area contributed by atoms with E-state index in [1.807, 2.05) is 18.2 Å². The Hall–Kier alpha value is -0.840. The van der Waals surface area contributed by atoms with E-state index in [2.05, 4.69) is 26.3 Å². The summed E-state index contributed by atoms with van der Waals surface area (Å²) in [6.07, 6.45) is 1.66. The van der Waals surface area contributed by atoms with E-state index in [-0.39, 0.29) is 0 Å². The van der Waals surface area contributed by atoms with Crippen LogP contribution < -0.4 is 11.3 Å². The number of aromatic nitrogens is 1. The highest BCUT2D eigenvalue weighted by Gasteiger charge is 2.05. The molecule has 0 spiro atoms. The minimum Gasteiger partial charge on any atom is -0.308 e. The van der Waals surface area contributed by atoms with Crippen LogP contribution in [0, 0.1) is 0 Å². The van der Waals surface area contributed by atoms with Crippen LogP contribution >= 0.6 is 27.5 Å². The monoisotopic (exact) mass is 271 g/mol. The largest absolute Gasteiger partial charge is 0.308 e. The van der Waals surface area contributed by atoms with Crippen molar-refractivity contribution in [3.8, 4) is 0 Å². The lowest BCUT2D eigenvalue weighted by Crippen LogP contribution is -2.08. The van der Waals surface area contributed by atoms with Gasteiger partial charge in [0.05, 0.1) is 0 Å². The molecule has 5 heteroatoms. The average molecular weight is 273 g/mol. The van der Waals surface area contributed by atoms with Gasteiger partial charge >= 0.3 is 0 Å². The van der Waals surface area contributed by atoms with Gasteiger partial charge in [-0.15, -0.1) is 0 Å². The number of fused-ring (bicyclic) bond motifs is 1. The van der Waals surface area contributed by atoms with Gasteiger partial charge in [-0.2, -0.15) is 0 Å². The van der Waals surface area contributed by atoms with Crippen LogP contribution in [0.15, 0.2) is 28.9 Å². The first-order chi connectivity index (χ1) is 6.72. The molecule has 14 heavy (non-hydrogen) atoms. The van der Waals surface area contributed by atoms with Gasteiger partial charge in [0, 0.05) is 26.5 Å². The van der Waals surface area contributed by atoms with E-state index in [1.54, 1.807) is 6.20 Å². The molecule has 2 rings (SSSR count). The molecule has 0 bridgehead atoms. The molecule has 1 aromatic carbocycles. The third-order valence-corrected chi connectivity index (χ3v) is 2.70. The number of anilines is 1. The molecule has 0 atom stereocenters. The first kappa shape index (κ1) is 9.71. The molecular weight excluding hydrogens is 265 g/mol. The van der Waals surface area contributed by atoms with Gasteiger partial charge in [0.2, 0.25) is 0 Å². The summed E-state index contributed by atoms with van der Waals surface area (Å²) in [6, 6.07) is 5.61. The topological polar surface area (TPSA) is 50.9 Å². The lowest BCUT2D eigenvalue weighted by atomic mass is 10.1. The summed E-state index contributed by atoms with van der Waals surface area (Å²) in [5.41, 5.74) is 2.53. The fourth-order valence-electron chi connectivity index (χ4n) is 1.32. The van der Waals surface area contributed by atoms with Gasteiger partial charge in [-0.25, -0.2) is 10.8 Å². The number of nitrogen functional groups attached to an aromatic ring is 1. The quantitative estimate of drug-likeness (QED) is 0.620. The second-order valence-corrected chi connectivity index (χ2v) is 4.11. The first-order valence-electron chi connectivity index (χ1n) is 3.93. The molecule has 3 N–H and O–H groups in total. The Morgan fingerprint density at radius 1 is 1.36 bits per heavy atom. The number of pyridine rings is 1. The van der Waals surface area contributed by atoms with Crippen molar-refractivity contribution in [2.75, 3.05) is 5.43 Å². The molecule has 0 radical (unpaired) electrons. The maximum absolute atomic E-state index is 6.06. The summed E-state index contributed by atoms with van der Waals surface area (Å²) >= 11 is 9.43. The molecule has 0 aliphatic heterocycles. The molecule has 1 aromatic heterocycles. The standard InChI is InChI=1S/C9H7BrClN3/c10-5-3-7-6(8(11)4-5)1-2-13-9(7)14-12/h1-4H,12H2,(H,13,14). The number of nitrogens with one attached hydrogen (secondary N) is 1. The van der Waals surface area contributed by atoms with E-state index in [0.29, 0.717) is 10.8 Å². The van der Waals surface area contributed by atoms with Crippen LogP contribution in [-0.2, 0) is 0 Å². The first-order valence-corrected chi connectivity index (χ1v) is 5.10. The van der Waals surface area contributed by atoms with Crippen LogP contribution in [-0.4, -0.2) is 4.98 Å². The highest BCUT2D eigenvalue weighted by Crippen LogP contribution is 2.30. The van der Waals surface area contributed by atoms with Crippen LogP contribution in [0.5, 0.6) is 0 Å². The maximum Gasteiger partial charge on any atom is 0.147 e. The Bertz CT molecular complexity index is 487. The third kappa shape index (κ3) is 1.56. The van der Waals surface area contributed by atoms with Gasteiger partial charge in [0.1, 0.15) is 5.82 Å². The molecular formula is C9H7BrClN3. The van der Waals surface area contributed by atoms with Crippen molar-refractivity contribution in [2.24, 2.45) is 5.84 Å². The van der Waals surface area contributed by atoms with Gasteiger partial charge < -0.3 is 5.43 Å². The maximum atomic E-state index is 6.06. The molecule has 0 aliphatic carbocycles. The van der Waals surface area contributed by atoms with Gasteiger partial charge in [-0.3, -0.25) is 0 Å². The second kappa shape index (κ2) is 3.73. The fourth-order valence-corrected chi connectivity index (χ4v) is 2.19. The summed E-state index contributed by atoms with van der Waals surface area (Å²) in [5.74, 6) is 5.96. The third-order valence-electron chi connectivity index (χ3n) is 1.93. The Balaban J connectivity index is 2.86. The number of nitrogens with two attached hydrogens (primary N) is 1. The van der Waals surface area contributed by atoms with E-state index in [4.69, 9.17) is 17.4 Å². The second-order valence-electron chi connectivity index (χ2n) is 2.79. The zero-order chi connectivity index (χ0) is 10.1. The number of hydrogen-bond donors (Lipinski definition) is 2. The van der Waals surface area contributed by atoms with Gasteiger partial charge in [0.25, 0.3) is 0 Å². The Kier molecular flexibility index (Phi) is 2.58. The number of nitrogens with zero attached hydrogens (tertiary/aromatic N) is 1. The van der Waals surface area contributed by atoms with Crippen LogP contribution in [0.1, 0.15) is 0 Å². The Morgan fingerprint density at radius 3 is 2.86 bits per heavy atom. The number of hydrazine groups is 1. The minimum atomic E-state index is 0.616. The molecule has 0 amide bonds. The Labute approximate surface area is 94.4 Å². The molecule has 2 aromatic rings. The number of hydrogen-bond acceptors (Lipinski definition) is 3. The summed E-state index contributed by atoms with van der Waals surface area (Å²) in [7, 11) is 0. The van der Waals surface area contributed by atoms with E-state index in [1.165, 1.54) is 0 Å². The molecule has 1 heterocycles. The molecule has 72 valence electrons. The van der Waals surface area contributed by atoms with E-state index < -0.39 is 0 Å². The normalized spacial score (nSPS) is 10.5. The van der Waals surface area contributed by atoms with Gasteiger partial charge in [-0.05, 0) is 18.2 Å². The highest BCUT2D eigenvalue weighted by atomic mass is 79.9. The molecule has 0 fully saturated rings. The zero-order valence-electron chi connectivity index (χ0n) is 7.09. The predicted octanol–water partition coefficient (Wildman–Crippen LogP) is 2.94. The van der Waals surface area contributed by atoms with E-state index in [9.17, 15) is 0 Å². The average Bonchev–Trinajstić information content (AvgIpc) is 2.17. The summed E-state index contributed by atoms with van der Waals surface area (Å²) in [5, 5.41) is 2.50. The van der Waals surface area contributed by atoms with Crippen molar-refractivity contribution in [2.45, 2.75) is 0 Å². The van der Waals surface area contributed by atoms with Crippen LogP contribution in [0.2, 0.25) is 5.02 Å². The Morgan fingerprint density at radius 2 is 2.14 bits per heavy atom. The molecule has 3 nitrogen and oxygen atoms in total. The summed E-state index contributed by atoms with van der Waals surface area (Å²) in [4.78, 5) is 4.09. The van der Waals surface area contributed by atoms with Crippen molar-refractivity contribution >= 4 is 44.1 Å². The van der Waals surface area contributed by atoms with E-state index in [0.717, 1.165) is 15.2 Å². The predicted molar refractivity (Wildman–Crippen MR) is 62.3 cm³/mol. The van der Waals surface area contributed by atoms with Crippen molar-refractivity contribution in [3.05, 3.63) is 33.9 Å². The smallest absolute Gasteiger partial charge is 0.147 e. The summed E-state index contributed by atoms with van der Waals surface area (Å²) in [6.45, 7) is 0. The van der Waals surface area contributed by atoms with Crippen LogP contribution in [0.3, 0.4) is 0 Å². The molecule has 0 saturated carbocycles. The lowest BCUT2D eigenvalue weighted by molar-refractivity contribution is 1.25. The van der Waals surface area contributed by atoms with Crippen molar-refractivity contribution < 1.29 is 0 Å². The van der Waals surface area contributed by atoms with Gasteiger partial charge in [0.15, 0.2) is 0 Å². The molecule has 0 unspecified atom stereocenters. The number of benzene rings is 1. The SMILES string of the molecule is NNc1nccc2c(Cl)cc(Br)cc12. The lowest BCUT2D eigenvalue weighted by Gasteiger charge is -2.06. The number of halogens is 2. The summed E-state index contributed by atoms with van der Waals surface area (Å²) < 4.78 is 0.902. The zero-order valence-corrected chi connectivity index (χ0v) is 9.43. The van der Waals surface area contributed by atoms with Crippen molar-refractivity contribution in [1.29, 1.82) is 0 Å². The van der Waals surface area contributed by atoms with E-state index >= 15 is 0 Å². The van der Waals surface area contributed by atoms with Crippen molar-refractivity contribution in [1.82, 2.24) is 4.98 Å². The fraction of sp³-hybridized carbons (Fsp3) is 0. The minimum absolute atomic E-state index is 0.616. The van der Waals surface area contributed by atoms with Crippen molar-refractivity contribution in [3.63, 3.8) is 0 Å².